The Morgan fingerprint density at radius 3 is 1.76 bits per heavy atom. The fourth-order valence-electron chi connectivity index (χ4n) is 2.06. The van der Waals surface area contributed by atoms with Crippen LogP contribution in [-0.4, -0.2) is 19.1 Å². The third-order valence-electron chi connectivity index (χ3n) is 3.05. The Balaban J connectivity index is 0.000000859. The molecule has 0 atom stereocenters. The standard InChI is InChI=1S/C17H17N3O3.8ClH.2Zn/c1-3-22-15-11-14(20-18)16(23-4-2)10-13(15)19-17(21)12-8-6-5-7-9-12;;;;;;;;;;/h5-11H,3-4H2,1-2H3;8*1H;;/q;;;;;;;;;2*+2/p-7. The number of nitrogens with zero attached hydrogens (tertiary/aromatic N) is 2. The van der Waals surface area contributed by atoms with Crippen molar-refractivity contribution in [1.82, 2.24) is 0 Å². The van der Waals surface area contributed by atoms with E-state index >= 15 is 0 Å². The first-order chi connectivity index (χ1) is 15.2. The van der Waals surface area contributed by atoms with E-state index in [2.05, 4.69) is 10.3 Å². The Morgan fingerprint density at radius 2 is 1.33 bits per heavy atom. The van der Waals surface area contributed by atoms with Gasteiger partial charge < -0.3 is 14.8 Å². The van der Waals surface area contributed by atoms with Crippen LogP contribution < -0.4 is 14.8 Å². The van der Waals surface area contributed by atoms with Crippen LogP contribution in [0.3, 0.4) is 0 Å². The summed E-state index contributed by atoms with van der Waals surface area (Å²) in [6.45, 7) is 4.46. The summed E-state index contributed by atoms with van der Waals surface area (Å²) in [6.07, 6.45) is 0. The van der Waals surface area contributed by atoms with E-state index in [-0.39, 0.29) is 11.6 Å². The van der Waals surface area contributed by atoms with Crippen LogP contribution in [0.5, 0.6) is 11.5 Å². The number of halogens is 8. The molecule has 6 nitrogen and oxygen atoms in total. The minimum absolute atomic E-state index is 0.244. The van der Waals surface area contributed by atoms with Gasteiger partial charge in [-0.1, -0.05) is 18.2 Å². The molecule has 2 aromatic carbocycles. The fourth-order valence-corrected chi connectivity index (χ4v) is 2.06. The van der Waals surface area contributed by atoms with Gasteiger partial charge in [0.1, 0.15) is 0 Å². The van der Waals surface area contributed by atoms with E-state index in [9.17, 15) is 4.79 Å². The van der Waals surface area contributed by atoms with Crippen LogP contribution in [0.4, 0.5) is 11.4 Å². The molecule has 0 aliphatic rings. The summed E-state index contributed by atoms with van der Waals surface area (Å²) in [5.41, 5.74) is 1.23. The number of benzene rings is 2. The molecule has 0 aromatic heterocycles. The number of rotatable bonds is 6. The van der Waals surface area contributed by atoms with Crippen molar-refractivity contribution in [2.24, 2.45) is 0 Å². The molecule has 0 unspecified atom stereocenters. The number of ether oxygens (including phenoxy) is 2. The second-order valence-electron chi connectivity index (χ2n) is 5.81. The molecule has 0 radical (unpaired) electrons. The normalized spacial score (nSPS) is 10.5. The quantitative estimate of drug-likeness (QED) is 0.238. The average Bonchev–Trinajstić information content (AvgIpc) is 2.68. The van der Waals surface area contributed by atoms with Crippen molar-refractivity contribution in [1.29, 1.82) is 5.39 Å². The molecular weight excluding hydrogens is 709 g/mol. The van der Waals surface area contributed by atoms with Crippen molar-refractivity contribution in [3.05, 3.63) is 53.0 Å². The molecule has 0 fully saturated rings. The number of hydrogen-bond donors (Lipinski definition) is 1. The second kappa shape index (κ2) is 17.0. The number of anilines is 1. The zero-order valence-corrected chi connectivity index (χ0v) is 29.5. The Bertz CT molecular complexity index is 899. The van der Waals surface area contributed by atoms with Gasteiger partial charge in [-0.25, -0.2) is 0 Å². The van der Waals surface area contributed by atoms with Gasteiger partial charge in [-0.2, -0.15) is 0 Å². The van der Waals surface area contributed by atoms with Crippen LogP contribution >= 0.6 is 77.5 Å². The van der Waals surface area contributed by atoms with Gasteiger partial charge in [0, 0.05) is 11.6 Å². The molecule has 182 valence electrons. The molecule has 2 aromatic rings. The molecule has 0 heterocycles. The number of diazo groups is 1. The SMILES string of the molecule is CCOc1cc(NC(=O)c2ccccc2)c(OCC)cc1[N+]#N.[Cl][Zn-2]([Cl])([Cl])[Cl].[Cl][Zn-2]([Cl])([Cl])[Cl]. The summed E-state index contributed by atoms with van der Waals surface area (Å²) in [7, 11) is 33.6. The van der Waals surface area contributed by atoms with Crippen LogP contribution in [0.2, 0.25) is 0 Å². The van der Waals surface area contributed by atoms with Crippen LogP contribution in [0.1, 0.15) is 24.2 Å². The first-order valence-corrected chi connectivity index (χ1v) is 40.7. The van der Waals surface area contributed by atoms with Gasteiger partial charge in [0.15, 0.2) is 10.7 Å². The molecule has 0 aliphatic heterocycles. The van der Waals surface area contributed by atoms with Crippen LogP contribution in [0.15, 0.2) is 42.5 Å². The maximum atomic E-state index is 12.3. The number of nitrogens with one attached hydrogen (secondary N) is 1. The molecule has 0 spiro atoms. The molecule has 0 saturated heterocycles. The van der Waals surface area contributed by atoms with E-state index in [0.717, 1.165) is 0 Å². The molecule has 0 bridgehead atoms. The zero-order chi connectivity index (χ0) is 25.7. The summed E-state index contributed by atoms with van der Waals surface area (Å²) >= 11 is 0. The third kappa shape index (κ3) is 18.4. The summed E-state index contributed by atoms with van der Waals surface area (Å²) < 4.78 is 10.9. The van der Waals surface area contributed by atoms with Crippen molar-refractivity contribution in [2.45, 2.75) is 13.8 Å². The topological polar surface area (TPSA) is 75.7 Å². The van der Waals surface area contributed by atoms with Crippen LogP contribution in [-0.2, 0) is 21.6 Å². The van der Waals surface area contributed by atoms with Gasteiger partial charge >= 0.3 is 105 Å². The van der Waals surface area contributed by atoms with E-state index in [0.29, 0.717) is 36.0 Å². The van der Waals surface area contributed by atoms with Crippen molar-refractivity contribution in [3.63, 3.8) is 0 Å². The maximum absolute atomic E-state index is 12.3. The Labute approximate surface area is 230 Å². The van der Waals surface area contributed by atoms with E-state index in [1.54, 1.807) is 30.3 Å². The van der Waals surface area contributed by atoms with Crippen molar-refractivity contribution < 1.29 is 35.9 Å². The van der Waals surface area contributed by atoms with Crippen molar-refractivity contribution in [3.8, 4) is 11.5 Å². The number of hydrogen-bond acceptors (Lipinski definition) is 4. The molecule has 0 saturated carbocycles. The second-order valence-corrected chi connectivity index (χ2v) is 61.3. The molecule has 1 amide bonds. The molecule has 1 N–H and O–H groups in total. The molecular formula is C17H18Cl8N3O3Zn2-3. The first-order valence-electron chi connectivity index (χ1n) is 9.48. The number of carbonyl (C=O) groups is 1. The monoisotopic (exact) mass is 720 g/mol. The van der Waals surface area contributed by atoms with Gasteiger partial charge in [0.05, 0.1) is 25.0 Å². The van der Waals surface area contributed by atoms with Crippen LogP contribution in [0.25, 0.3) is 4.98 Å². The third-order valence-corrected chi connectivity index (χ3v) is 3.05. The predicted molar refractivity (Wildman–Crippen MR) is 135 cm³/mol. The van der Waals surface area contributed by atoms with Gasteiger partial charge in [0.2, 0.25) is 11.1 Å². The predicted octanol–water partition coefficient (Wildman–Crippen LogP) is 9.73. The minimum atomic E-state index is -3.36. The number of carbonyl (C=O) groups excluding carboxylic acids is 1. The Hall–Kier alpha value is 0.497. The first kappa shape index (κ1) is 33.5. The molecule has 33 heavy (non-hydrogen) atoms. The summed E-state index contributed by atoms with van der Waals surface area (Å²) in [5.74, 6) is 0.512. The molecule has 2 rings (SSSR count). The fraction of sp³-hybridized carbons (Fsp3) is 0.235. The van der Waals surface area contributed by atoms with E-state index in [4.69, 9.17) is 92.4 Å². The zero-order valence-electron chi connectivity index (χ0n) is 17.5. The van der Waals surface area contributed by atoms with E-state index in [1.807, 2.05) is 19.9 Å². The van der Waals surface area contributed by atoms with Gasteiger partial charge in [0.25, 0.3) is 5.91 Å². The van der Waals surface area contributed by atoms with Crippen molar-refractivity contribution >= 4 is 94.8 Å². The molecule has 0 aliphatic carbocycles. The summed E-state index contributed by atoms with van der Waals surface area (Å²) in [4.78, 5) is 15.5. The Kier molecular flexibility index (Phi) is 17.3. The van der Waals surface area contributed by atoms with Crippen LogP contribution in [0, 0.1) is 5.39 Å². The average molecular weight is 727 g/mol. The summed E-state index contributed by atoms with van der Waals surface area (Å²) in [5, 5.41) is 11.9. The Morgan fingerprint density at radius 1 is 0.879 bits per heavy atom. The number of amides is 1. The van der Waals surface area contributed by atoms with E-state index < -0.39 is 21.6 Å². The summed E-state index contributed by atoms with van der Waals surface area (Å²) in [6, 6.07) is 12.0. The van der Waals surface area contributed by atoms with Gasteiger partial charge in [-0.3, -0.25) is 4.79 Å². The molecule has 16 heteroatoms. The van der Waals surface area contributed by atoms with Gasteiger partial charge in [-0.05, 0) is 26.0 Å². The van der Waals surface area contributed by atoms with Crippen molar-refractivity contribution in [2.75, 3.05) is 18.5 Å². The van der Waals surface area contributed by atoms with Gasteiger partial charge in [-0.15, -0.1) is 0 Å². The van der Waals surface area contributed by atoms with E-state index in [1.165, 1.54) is 6.07 Å².